The molecule has 2 unspecified atom stereocenters. The Morgan fingerprint density at radius 3 is 2.84 bits per heavy atom. The number of hydrogen-bond donors (Lipinski definition) is 2. The number of nitrogens with zero attached hydrogens (tertiary/aromatic N) is 4. The van der Waals surface area contributed by atoms with Gasteiger partial charge >= 0.3 is 0 Å². The third kappa shape index (κ3) is 2.86. The van der Waals surface area contributed by atoms with Crippen LogP contribution in [-0.4, -0.2) is 56.7 Å². The molecule has 2 aliphatic heterocycles. The molecule has 4 heterocycles. The van der Waals surface area contributed by atoms with Crippen molar-refractivity contribution in [2.24, 2.45) is 0 Å². The van der Waals surface area contributed by atoms with Gasteiger partial charge in [0.1, 0.15) is 30.2 Å². The Bertz CT molecular complexity index is 763. The highest BCUT2D eigenvalue weighted by Crippen LogP contribution is 2.43. The van der Waals surface area contributed by atoms with Gasteiger partial charge in [0.15, 0.2) is 23.5 Å². The lowest BCUT2D eigenvalue weighted by atomic mass is 10.1. The lowest BCUT2D eigenvalue weighted by Gasteiger charge is -2.25. The van der Waals surface area contributed by atoms with Crippen LogP contribution in [0.4, 0.5) is 5.82 Å². The molecule has 2 aromatic rings. The number of hydrogen-bond acceptors (Lipinski definition) is 8. The summed E-state index contributed by atoms with van der Waals surface area (Å²) >= 11 is 0. The first-order chi connectivity index (χ1) is 12.0. The van der Waals surface area contributed by atoms with E-state index in [1.165, 1.54) is 6.33 Å². The summed E-state index contributed by atoms with van der Waals surface area (Å²) in [6.45, 7) is 7.61. The quantitative estimate of drug-likeness (QED) is 0.765. The van der Waals surface area contributed by atoms with Crippen LogP contribution in [-0.2, 0) is 14.2 Å². The molecule has 0 aliphatic carbocycles. The van der Waals surface area contributed by atoms with Crippen LogP contribution in [0.3, 0.4) is 0 Å². The molecule has 9 nitrogen and oxygen atoms in total. The smallest absolute Gasteiger partial charge is 0.167 e. The van der Waals surface area contributed by atoms with Crippen LogP contribution in [0, 0.1) is 0 Å². The van der Waals surface area contributed by atoms with E-state index in [9.17, 15) is 0 Å². The first-order valence-electron chi connectivity index (χ1n) is 8.65. The molecule has 0 amide bonds. The minimum Gasteiger partial charge on any atom is -0.382 e. The number of anilines is 1. The van der Waals surface area contributed by atoms with Gasteiger partial charge in [-0.25, -0.2) is 15.0 Å². The maximum atomic E-state index is 6.27. The number of fused-ring (bicyclic) bond motifs is 2. The number of nitrogens with one attached hydrogen (secondary N) is 1. The van der Waals surface area contributed by atoms with Crippen molar-refractivity contribution in [3.8, 4) is 0 Å². The van der Waals surface area contributed by atoms with E-state index < -0.39 is 5.79 Å². The molecular formula is C16H24N6O3. The minimum atomic E-state index is -0.648. The summed E-state index contributed by atoms with van der Waals surface area (Å²) in [4.78, 5) is 12.6. The van der Waals surface area contributed by atoms with E-state index in [0.717, 1.165) is 13.0 Å². The van der Waals surface area contributed by atoms with Crippen LogP contribution < -0.4 is 11.1 Å². The average Bonchev–Trinajstić information content (AvgIpc) is 3.20. The normalized spacial score (nSPS) is 30.8. The summed E-state index contributed by atoms with van der Waals surface area (Å²) in [5, 5.41) is 3.40. The molecule has 9 heteroatoms. The van der Waals surface area contributed by atoms with E-state index >= 15 is 0 Å². The number of rotatable bonds is 5. The second kappa shape index (κ2) is 6.17. The zero-order valence-corrected chi connectivity index (χ0v) is 14.7. The molecule has 2 aromatic heterocycles. The van der Waals surface area contributed by atoms with Crippen LogP contribution in [0.1, 0.15) is 33.4 Å². The Morgan fingerprint density at radius 2 is 2.04 bits per heavy atom. The third-order valence-corrected chi connectivity index (χ3v) is 4.56. The van der Waals surface area contributed by atoms with Gasteiger partial charge in [-0.2, -0.15) is 0 Å². The maximum absolute atomic E-state index is 6.27. The van der Waals surface area contributed by atoms with Gasteiger partial charge in [-0.05, 0) is 26.8 Å². The van der Waals surface area contributed by atoms with E-state index in [4.69, 9.17) is 19.9 Å². The number of ether oxygens (including phenoxy) is 3. The summed E-state index contributed by atoms with van der Waals surface area (Å²) in [5.74, 6) is -0.298. The van der Waals surface area contributed by atoms with E-state index in [1.54, 1.807) is 6.33 Å². The molecule has 0 radical (unpaired) electrons. The predicted octanol–water partition coefficient (Wildman–Crippen LogP) is 0.826. The standard InChI is InChI=1S/C16H24N6O3/c1-4-5-18-6-9-11-12(25-16(2,3)24-11)15(23-9)22-8-21-10-13(17)19-7-20-14(10)22/h7-9,11-12,15,18H,4-6H2,1-3H3,(H2,17,19,20)/t9?,11-,12-,15?/m1/s1. The van der Waals surface area contributed by atoms with Crippen molar-refractivity contribution in [2.75, 3.05) is 18.8 Å². The van der Waals surface area contributed by atoms with Crippen LogP contribution in [0.25, 0.3) is 11.2 Å². The van der Waals surface area contributed by atoms with Crippen molar-refractivity contribution in [1.29, 1.82) is 0 Å². The molecule has 4 rings (SSSR count). The molecule has 0 bridgehead atoms. The van der Waals surface area contributed by atoms with Gasteiger partial charge in [0, 0.05) is 6.54 Å². The summed E-state index contributed by atoms with van der Waals surface area (Å²) < 4.78 is 20.4. The van der Waals surface area contributed by atoms with Crippen LogP contribution in [0.15, 0.2) is 12.7 Å². The largest absolute Gasteiger partial charge is 0.382 e. The monoisotopic (exact) mass is 348 g/mol. The minimum absolute atomic E-state index is 0.111. The summed E-state index contributed by atoms with van der Waals surface area (Å²) in [6.07, 6.45) is 3.29. The Kier molecular flexibility index (Phi) is 4.11. The van der Waals surface area contributed by atoms with Crippen molar-refractivity contribution < 1.29 is 14.2 Å². The lowest BCUT2D eigenvalue weighted by molar-refractivity contribution is -0.195. The second-order valence-electron chi connectivity index (χ2n) is 6.92. The SMILES string of the molecule is CCCNCC1OC(n2cnc3c(N)ncnc32)[C@@H]2OC(C)(C)O[C@H]12. The lowest BCUT2D eigenvalue weighted by Crippen LogP contribution is -2.37. The molecule has 2 fully saturated rings. The zero-order valence-electron chi connectivity index (χ0n) is 14.7. The molecule has 2 aliphatic rings. The van der Waals surface area contributed by atoms with Gasteiger partial charge in [-0.1, -0.05) is 6.92 Å². The van der Waals surface area contributed by atoms with E-state index in [2.05, 4.69) is 27.2 Å². The highest BCUT2D eigenvalue weighted by molar-refractivity contribution is 5.81. The molecule has 0 saturated carbocycles. The Hall–Kier alpha value is -1.81. The van der Waals surface area contributed by atoms with Gasteiger partial charge in [0.25, 0.3) is 0 Å². The zero-order chi connectivity index (χ0) is 17.6. The van der Waals surface area contributed by atoms with Gasteiger partial charge in [0.05, 0.1) is 6.33 Å². The van der Waals surface area contributed by atoms with Crippen molar-refractivity contribution in [1.82, 2.24) is 24.8 Å². The van der Waals surface area contributed by atoms with Crippen molar-refractivity contribution >= 4 is 17.0 Å². The fraction of sp³-hybridized carbons (Fsp3) is 0.688. The first-order valence-corrected chi connectivity index (χ1v) is 8.65. The Balaban J connectivity index is 1.65. The van der Waals surface area contributed by atoms with Crippen molar-refractivity contribution in [2.45, 2.75) is 57.5 Å². The van der Waals surface area contributed by atoms with E-state index in [1.807, 2.05) is 18.4 Å². The highest BCUT2D eigenvalue weighted by Gasteiger charge is 2.55. The molecule has 3 N–H and O–H groups in total. The van der Waals surface area contributed by atoms with Crippen LogP contribution >= 0.6 is 0 Å². The predicted molar refractivity (Wildman–Crippen MR) is 90.6 cm³/mol. The fourth-order valence-corrected chi connectivity index (χ4v) is 3.52. The van der Waals surface area contributed by atoms with Gasteiger partial charge in [-0.15, -0.1) is 0 Å². The van der Waals surface area contributed by atoms with Crippen LogP contribution in [0.2, 0.25) is 0 Å². The number of nitrogens with two attached hydrogens (primary N) is 1. The molecule has 0 spiro atoms. The number of aromatic nitrogens is 4. The van der Waals surface area contributed by atoms with Crippen molar-refractivity contribution in [3.63, 3.8) is 0 Å². The maximum Gasteiger partial charge on any atom is 0.167 e. The van der Waals surface area contributed by atoms with Gasteiger partial charge < -0.3 is 25.3 Å². The topological polar surface area (TPSA) is 109 Å². The molecule has 136 valence electrons. The van der Waals surface area contributed by atoms with Crippen molar-refractivity contribution in [3.05, 3.63) is 12.7 Å². The van der Waals surface area contributed by atoms with Crippen LogP contribution in [0.5, 0.6) is 0 Å². The molecule has 0 aromatic carbocycles. The Labute approximate surface area is 145 Å². The summed E-state index contributed by atoms with van der Waals surface area (Å²) in [7, 11) is 0. The van der Waals surface area contributed by atoms with E-state index in [0.29, 0.717) is 23.5 Å². The van der Waals surface area contributed by atoms with E-state index in [-0.39, 0.29) is 24.5 Å². The molecular weight excluding hydrogens is 324 g/mol. The fourth-order valence-electron chi connectivity index (χ4n) is 3.52. The van der Waals surface area contributed by atoms with Gasteiger partial charge in [-0.3, -0.25) is 4.57 Å². The molecule has 2 saturated heterocycles. The first kappa shape index (κ1) is 16.6. The highest BCUT2D eigenvalue weighted by atomic mass is 16.8. The third-order valence-electron chi connectivity index (χ3n) is 4.56. The number of nitrogen functional groups attached to an aromatic ring is 1. The summed E-state index contributed by atoms with van der Waals surface area (Å²) in [5.41, 5.74) is 7.09. The van der Waals surface area contributed by atoms with Gasteiger partial charge in [0.2, 0.25) is 0 Å². The summed E-state index contributed by atoms with van der Waals surface area (Å²) in [6, 6.07) is 0. The second-order valence-corrected chi connectivity index (χ2v) is 6.92. The Morgan fingerprint density at radius 1 is 1.24 bits per heavy atom. The molecule has 4 atom stereocenters. The molecule has 25 heavy (non-hydrogen) atoms. The average molecular weight is 348 g/mol. The number of imidazole rings is 1.